The van der Waals surface area contributed by atoms with Gasteiger partial charge in [0, 0.05) is 17.9 Å². The van der Waals surface area contributed by atoms with Crippen molar-refractivity contribution in [3.05, 3.63) is 28.8 Å². The molecule has 3 N–H and O–H groups in total. The molecule has 0 bridgehead atoms. The third-order valence-corrected chi connectivity index (χ3v) is 3.51. The van der Waals surface area contributed by atoms with Crippen molar-refractivity contribution < 1.29 is 14.7 Å². The van der Waals surface area contributed by atoms with Crippen LogP contribution >= 0.6 is 11.6 Å². The van der Waals surface area contributed by atoms with Crippen LogP contribution in [-0.4, -0.2) is 29.4 Å². The SMILES string of the molecule is CC1CC(Oc2ccc(Cl)cc2/C(N)=N/O)CC(C)O1. The average molecular weight is 299 g/mol. The number of hydrogen-bond donors (Lipinski definition) is 2. The van der Waals surface area contributed by atoms with Crippen LogP contribution in [0.2, 0.25) is 5.02 Å². The Bertz CT molecular complexity index is 497. The second kappa shape index (κ2) is 6.33. The zero-order valence-corrected chi connectivity index (χ0v) is 12.3. The normalized spacial score (nSPS) is 27.4. The van der Waals surface area contributed by atoms with Gasteiger partial charge in [0.2, 0.25) is 0 Å². The minimum absolute atomic E-state index is 0.0179. The van der Waals surface area contributed by atoms with Crippen molar-refractivity contribution in [3.8, 4) is 5.75 Å². The van der Waals surface area contributed by atoms with Crippen LogP contribution in [0.5, 0.6) is 5.75 Å². The Morgan fingerprint density at radius 1 is 1.40 bits per heavy atom. The van der Waals surface area contributed by atoms with Crippen molar-refractivity contribution in [2.45, 2.75) is 45.0 Å². The molecule has 20 heavy (non-hydrogen) atoms. The molecule has 5 nitrogen and oxygen atoms in total. The third kappa shape index (κ3) is 3.55. The van der Waals surface area contributed by atoms with Gasteiger partial charge in [0.25, 0.3) is 0 Å². The maximum atomic E-state index is 8.84. The van der Waals surface area contributed by atoms with Crippen molar-refractivity contribution in [2.75, 3.05) is 0 Å². The molecule has 0 radical (unpaired) electrons. The first-order valence-electron chi connectivity index (χ1n) is 6.59. The molecule has 1 aliphatic rings. The summed E-state index contributed by atoms with van der Waals surface area (Å²) in [6.07, 6.45) is 1.97. The Morgan fingerprint density at radius 3 is 2.65 bits per heavy atom. The van der Waals surface area contributed by atoms with Gasteiger partial charge in [-0.25, -0.2) is 0 Å². The Hall–Kier alpha value is -1.46. The number of amidine groups is 1. The van der Waals surface area contributed by atoms with Crippen molar-refractivity contribution >= 4 is 17.4 Å². The van der Waals surface area contributed by atoms with Crippen molar-refractivity contribution in [1.82, 2.24) is 0 Å². The molecule has 1 aliphatic heterocycles. The summed E-state index contributed by atoms with van der Waals surface area (Å²) in [5, 5.41) is 12.4. The highest BCUT2D eigenvalue weighted by Crippen LogP contribution is 2.28. The van der Waals surface area contributed by atoms with Crippen LogP contribution in [0.1, 0.15) is 32.3 Å². The Kier molecular flexibility index (Phi) is 4.73. The van der Waals surface area contributed by atoms with E-state index >= 15 is 0 Å². The van der Waals surface area contributed by atoms with E-state index in [-0.39, 0.29) is 24.1 Å². The van der Waals surface area contributed by atoms with E-state index in [9.17, 15) is 0 Å². The topological polar surface area (TPSA) is 77.1 Å². The minimum Gasteiger partial charge on any atom is -0.489 e. The summed E-state index contributed by atoms with van der Waals surface area (Å²) < 4.78 is 11.7. The molecule has 1 aromatic carbocycles. The average Bonchev–Trinajstić information content (AvgIpc) is 2.38. The van der Waals surface area contributed by atoms with Crippen LogP contribution < -0.4 is 10.5 Å². The van der Waals surface area contributed by atoms with E-state index in [1.807, 2.05) is 13.8 Å². The molecule has 6 heteroatoms. The lowest BCUT2D eigenvalue weighted by molar-refractivity contribution is -0.0721. The smallest absolute Gasteiger partial charge is 0.173 e. The molecule has 2 unspecified atom stereocenters. The van der Waals surface area contributed by atoms with E-state index in [4.69, 9.17) is 32.0 Å². The quantitative estimate of drug-likeness (QED) is 0.389. The van der Waals surface area contributed by atoms with Gasteiger partial charge in [-0.05, 0) is 32.0 Å². The van der Waals surface area contributed by atoms with Crippen LogP contribution in [0.3, 0.4) is 0 Å². The van der Waals surface area contributed by atoms with E-state index < -0.39 is 0 Å². The summed E-state index contributed by atoms with van der Waals surface area (Å²) in [5.41, 5.74) is 6.15. The van der Waals surface area contributed by atoms with E-state index in [1.165, 1.54) is 0 Å². The summed E-state index contributed by atoms with van der Waals surface area (Å²) in [5.74, 6) is 0.548. The van der Waals surface area contributed by atoms with Gasteiger partial charge in [0.15, 0.2) is 5.84 Å². The van der Waals surface area contributed by atoms with Crippen LogP contribution in [-0.2, 0) is 4.74 Å². The Labute approximate surface area is 123 Å². The molecule has 110 valence electrons. The van der Waals surface area contributed by atoms with E-state index in [2.05, 4.69) is 5.16 Å². The van der Waals surface area contributed by atoms with Gasteiger partial charge >= 0.3 is 0 Å². The monoisotopic (exact) mass is 298 g/mol. The molecule has 0 amide bonds. The number of nitrogens with zero attached hydrogens (tertiary/aromatic N) is 1. The fraction of sp³-hybridized carbons (Fsp3) is 0.500. The number of oxime groups is 1. The molecule has 1 saturated heterocycles. The second-order valence-corrected chi connectivity index (χ2v) is 5.53. The van der Waals surface area contributed by atoms with Gasteiger partial charge in [-0.3, -0.25) is 0 Å². The summed E-state index contributed by atoms with van der Waals surface area (Å²) in [6, 6.07) is 5.08. The van der Waals surface area contributed by atoms with Gasteiger partial charge in [-0.15, -0.1) is 0 Å². The van der Waals surface area contributed by atoms with Gasteiger partial charge in [0.1, 0.15) is 11.9 Å². The fourth-order valence-electron chi connectivity index (χ4n) is 2.48. The molecular weight excluding hydrogens is 280 g/mol. The summed E-state index contributed by atoms with van der Waals surface area (Å²) in [4.78, 5) is 0. The predicted molar refractivity (Wildman–Crippen MR) is 77.6 cm³/mol. The standard InChI is InChI=1S/C14H19ClN2O3/c1-8-5-11(6-9(2)19-8)20-13-4-3-10(15)7-12(13)14(16)17-18/h3-4,7-9,11,18H,5-6H2,1-2H3,(H2,16,17). The summed E-state index contributed by atoms with van der Waals surface area (Å²) in [6.45, 7) is 4.05. The van der Waals surface area contributed by atoms with Crippen molar-refractivity contribution in [3.63, 3.8) is 0 Å². The van der Waals surface area contributed by atoms with Gasteiger partial charge in [-0.1, -0.05) is 16.8 Å². The first kappa shape index (κ1) is 14.9. The minimum atomic E-state index is -0.0179. The second-order valence-electron chi connectivity index (χ2n) is 5.09. The lowest BCUT2D eigenvalue weighted by Crippen LogP contribution is -2.36. The number of ether oxygens (including phenoxy) is 2. The largest absolute Gasteiger partial charge is 0.489 e. The summed E-state index contributed by atoms with van der Waals surface area (Å²) >= 11 is 5.94. The zero-order chi connectivity index (χ0) is 14.7. The highest BCUT2D eigenvalue weighted by atomic mass is 35.5. The van der Waals surface area contributed by atoms with Crippen molar-refractivity contribution in [2.24, 2.45) is 10.9 Å². The highest BCUT2D eigenvalue weighted by molar-refractivity contribution is 6.31. The molecule has 1 aromatic rings. The van der Waals surface area contributed by atoms with Gasteiger partial charge < -0.3 is 20.4 Å². The molecule has 2 rings (SSSR count). The van der Waals surface area contributed by atoms with E-state index in [0.717, 1.165) is 12.8 Å². The number of hydrogen-bond acceptors (Lipinski definition) is 4. The molecule has 2 atom stereocenters. The molecule has 1 fully saturated rings. The first-order chi connectivity index (χ1) is 9.49. The maximum absolute atomic E-state index is 8.84. The van der Waals surface area contributed by atoms with Crippen LogP contribution in [0, 0.1) is 0 Å². The van der Waals surface area contributed by atoms with E-state index in [0.29, 0.717) is 16.3 Å². The fourth-order valence-corrected chi connectivity index (χ4v) is 2.65. The number of nitrogens with two attached hydrogens (primary N) is 1. The molecule has 1 heterocycles. The van der Waals surface area contributed by atoms with Crippen LogP contribution in [0.15, 0.2) is 23.4 Å². The lowest BCUT2D eigenvalue weighted by Gasteiger charge is -2.32. The number of rotatable bonds is 3. The van der Waals surface area contributed by atoms with Crippen LogP contribution in [0.4, 0.5) is 0 Å². The summed E-state index contributed by atoms with van der Waals surface area (Å²) in [7, 11) is 0. The molecule has 0 aliphatic carbocycles. The first-order valence-corrected chi connectivity index (χ1v) is 6.97. The highest BCUT2D eigenvalue weighted by Gasteiger charge is 2.26. The van der Waals surface area contributed by atoms with Gasteiger partial charge in [0.05, 0.1) is 17.8 Å². The Balaban J connectivity index is 2.20. The van der Waals surface area contributed by atoms with Crippen molar-refractivity contribution in [1.29, 1.82) is 0 Å². The molecule has 0 saturated carbocycles. The predicted octanol–water partition coefficient (Wildman–Crippen LogP) is 2.77. The molecule has 0 aromatic heterocycles. The van der Waals surface area contributed by atoms with Gasteiger partial charge in [-0.2, -0.15) is 0 Å². The number of halogens is 1. The number of benzene rings is 1. The molecule has 0 spiro atoms. The lowest BCUT2D eigenvalue weighted by atomic mass is 10.0. The third-order valence-electron chi connectivity index (χ3n) is 3.27. The molecular formula is C14H19ClN2O3. The zero-order valence-electron chi connectivity index (χ0n) is 11.5. The Morgan fingerprint density at radius 2 is 2.05 bits per heavy atom. The van der Waals surface area contributed by atoms with Crippen LogP contribution in [0.25, 0.3) is 0 Å². The maximum Gasteiger partial charge on any atom is 0.173 e. The van der Waals surface area contributed by atoms with E-state index in [1.54, 1.807) is 18.2 Å².